The van der Waals surface area contributed by atoms with E-state index in [2.05, 4.69) is 42.4 Å². The van der Waals surface area contributed by atoms with Gasteiger partial charge in [-0.3, -0.25) is 4.98 Å². The SMILES string of the molecule is CCC(C)C(C/C=C\c1cccnc1)NC. The Labute approximate surface area is 98.8 Å². The van der Waals surface area contributed by atoms with Gasteiger partial charge in [0.2, 0.25) is 0 Å². The molecule has 2 unspecified atom stereocenters. The number of rotatable bonds is 6. The second-order valence-electron chi connectivity index (χ2n) is 4.21. The van der Waals surface area contributed by atoms with Crippen molar-refractivity contribution in [1.82, 2.24) is 10.3 Å². The van der Waals surface area contributed by atoms with Crippen LogP contribution in [0.1, 0.15) is 32.3 Å². The van der Waals surface area contributed by atoms with E-state index in [0.717, 1.165) is 6.42 Å². The Balaban J connectivity index is 2.46. The lowest BCUT2D eigenvalue weighted by atomic mass is 9.96. The van der Waals surface area contributed by atoms with Gasteiger partial charge in [-0.1, -0.05) is 38.5 Å². The minimum absolute atomic E-state index is 0.568. The quantitative estimate of drug-likeness (QED) is 0.793. The molecule has 2 atom stereocenters. The predicted octanol–water partition coefficient (Wildman–Crippen LogP) is 3.12. The fraction of sp³-hybridized carbons (Fsp3) is 0.500. The molecule has 1 aromatic rings. The molecule has 0 spiro atoms. The van der Waals surface area contributed by atoms with E-state index in [1.165, 1.54) is 12.0 Å². The van der Waals surface area contributed by atoms with Gasteiger partial charge in [-0.05, 0) is 31.0 Å². The summed E-state index contributed by atoms with van der Waals surface area (Å²) in [5.41, 5.74) is 1.17. The van der Waals surface area contributed by atoms with Crippen LogP contribution in [0.15, 0.2) is 30.6 Å². The van der Waals surface area contributed by atoms with Crippen LogP contribution < -0.4 is 5.32 Å². The Morgan fingerprint density at radius 2 is 2.31 bits per heavy atom. The van der Waals surface area contributed by atoms with Crippen molar-refractivity contribution in [3.8, 4) is 0 Å². The van der Waals surface area contributed by atoms with Crippen molar-refractivity contribution in [1.29, 1.82) is 0 Å². The lowest BCUT2D eigenvalue weighted by molar-refractivity contribution is 0.391. The molecule has 0 aliphatic carbocycles. The fourth-order valence-corrected chi connectivity index (χ4v) is 1.74. The number of aromatic nitrogens is 1. The molecule has 0 amide bonds. The minimum atomic E-state index is 0.568. The van der Waals surface area contributed by atoms with Crippen LogP contribution in [0.4, 0.5) is 0 Å². The molecule has 88 valence electrons. The summed E-state index contributed by atoms with van der Waals surface area (Å²) < 4.78 is 0. The molecule has 1 N–H and O–H groups in total. The second kappa shape index (κ2) is 7.18. The standard InChI is InChI=1S/C14H22N2/c1-4-12(2)14(15-3)9-5-7-13-8-6-10-16-11-13/h5-8,10-12,14-15H,4,9H2,1-3H3/b7-5-. The van der Waals surface area contributed by atoms with E-state index in [1.807, 2.05) is 19.3 Å². The molecule has 0 saturated heterocycles. The maximum atomic E-state index is 4.09. The Kier molecular flexibility index (Phi) is 5.79. The fourth-order valence-electron chi connectivity index (χ4n) is 1.74. The number of nitrogens with zero attached hydrogens (tertiary/aromatic N) is 1. The van der Waals surface area contributed by atoms with Crippen LogP contribution >= 0.6 is 0 Å². The largest absolute Gasteiger partial charge is 0.316 e. The number of hydrogen-bond acceptors (Lipinski definition) is 2. The Morgan fingerprint density at radius 1 is 1.50 bits per heavy atom. The molecule has 0 aliphatic heterocycles. The highest BCUT2D eigenvalue weighted by atomic mass is 14.9. The first-order valence-electron chi connectivity index (χ1n) is 6.01. The van der Waals surface area contributed by atoms with Gasteiger partial charge in [-0.2, -0.15) is 0 Å². The first-order chi connectivity index (χ1) is 7.77. The minimum Gasteiger partial charge on any atom is -0.316 e. The van der Waals surface area contributed by atoms with Crippen molar-refractivity contribution in [2.75, 3.05) is 7.05 Å². The smallest absolute Gasteiger partial charge is 0.0340 e. The van der Waals surface area contributed by atoms with Gasteiger partial charge < -0.3 is 5.32 Å². The summed E-state index contributed by atoms with van der Waals surface area (Å²) in [7, 11) is 2.04. The van der Waals surface area contributed by atoms with Crippen molar-refractivity contribution >= 4 is 6.08 Å². The topological polar surface area (TPSA) is 24.9 Å². The zero-order valence-electron chi connectivity index (χ0n) is 10.5. The average Bonchev–Trinajstić information content (AvgIpc) is 2.35. The van der Waals surface area contributed by atoms with Gasteiger partial charge >= 0.3 is 0 Å². The Morgan fingerprint density at radius 3 is 2.88 bits per heavy atom. The van der Waals surface area contributed by atoms with Crippen molar-refractivity contribution in [3.05, 3.63) is 36.2 Å². The van der Waals surface area contributed by atoms with Gasteiger partial charge in [0.15, 0.2) is 0 Å². The molecule has 1 rings (SSSR count). The molecule has 0 saturated carbocycles. The zero-order chi connectivity index (χ0) is 11.8. The summed E-state index contributed by atoms with van der Waals surface area (Å²) in [6.45, 7) is 4.53. The summed E-state index contributed by atoms with van der Waals surface area (Å²) in [6.07, 6.45) is 10.3. The molecule has 2 heteroatoms. The first kappa shape index (κ1) is 12.9. The summed E-state index contributed by atoms with van der Waals surface area (Å²) in [5, 5.41) is 3.37. The highest BCUT2D eigenvalue weighted by molar-refractivity contribution is 5.47. The van der Waals surface area contributed by atoms with Crippen molar-refractivity contribution in [2.24, 2.45) is 5.92 Å². The third-order valence-electron chi connectivity index (χ3n) is 3.09. The molecule has 0 aliphatic rings. The zero-order valence-corrected chi connectivity index (χ0v) is 10.5. The average molecular weight is 218 g/mol. The van der Waals surface area contributed by atoms with Crippen LogP contribution in [-0.2, 0) is 0 Å². The van der Waals surface area contributed by atoms with Gasteiger partial charge in [-0.25, -0.2) is 0 Å². The lowest BCUT2D eigenvalue weighted by Crippen LogP contribution is -2.31. The van der Waals surface area contributed by atoms with Gasteiger partial charge in [0.25, 0.3) is 0 Å². The van der Waals surface area contributed by atoms with Crippen LogP contribution in [0.3, 0.4) is 0 Å². The maximum absolute atomic E-state index is 4.09. The molecular formula is C14H22N2. The third kappa shape index (κ3) is 4.15. The van der Waals surface area contributed by atoms with Crippen molar-refractivity contribution in [2.45, 2.75) is 32.7 Å². The second-order valence-corrected chi connectivity index (χ2v) is 4.21. The maximum Gasteiger partial charge on any atom is 0.0340 e. The van der Waals surface area contributed by atoms with Crippen LogP contribution in [-0.4, -0.2) is 18.1 Å². The molecule has 0 radical (unpaired) electrons. The molecule has 16 heavy (non-hydrogen) atoms. The summed E-state index contributed by atoms with van der Waals surface area (Å²) in [5.74, 6) is 0.712. The molecule has 2 nitrogen and oxygen atoms in total. The van der Waals surface area contributed by atoms with E-state index in [4.69, 9.17) is 0 Å². The van der Waals surface area contributed by atoms with E-state index in [1.54, 1.807) is 6.20 Å². The monoisotopic (exact) mass is 218 g/mol. The van der Waals surface area contributed by atoms with Crippen LogP contribution in [0.25, 0.3) is 6.08 Å². The van der Waals surface area contributed by atoms with Crippen LogP contribution in [0.2, 0.25) is 0 Å². The summed E-state index contributed by atoms with van der Waals surface area (Å²) in [4.78, 5) is 4.09. The summed E-state index contributed by atoms with van der Waals surface area (Å²) in [6, 6.07) is 4.60. The van der Waals surface area contributed by atoms with Gasteiger partial charge in [0.1, 0.15) is 0 Å². The molecule has 0 bridgehead atoms. The van der Waals surface area contributed by atoms with E-state index in [9.17, 15) is 0 Å². The third-order valence-corrected chi connectivity index (χ3v) is 3.09. The van der Waals surface area contributed by atoms with Crippen molar-refractivity contribution < 1.29 is 0 Å². The van der Waals surface area contributed by atoms with E-state index in [-0.39, 0.29) is 0 Å². The van der Waals surface area contributed by atoms with Crippen LogP contribution in [0.5, 0.6) is 0 Å². The van der Waals surface area contributed by atoms with Gasteiger partial charge in [0, 0.05) is 18.4 Å². The number of nitrogens with one attached hydrogen (secondary N) is 1. The lowest BCUT2D eigenvalue weighted by Gasteiger charge is -2.20. The molecule has 1 heterocycles. The van der Waals surface area contributed by atoms with E-state index < -0.39 is 0 Å². The molecule has 0 aromatic carbocycles. The number of pyridine rings is 1. The first-order valence-corrected chi connectivity index (χ1v) is 6.01. The van der Waals surface area contributed by atoms with E-state index in [0.29, 0.717) is 12.0 Å². The summed E-state index contributed by atoms with van der Waals surface area (Å²) >= 11 is 0. The predicted molar refractivity (Wildman–Crippen MR) is 70.2 cm³/mol. The highest BCUT2D eigenvalue weighted by Gasteiger charge is 2.10. The normalized spacial score (nSPS) is 15.2. The molecular weight excluding hydrogens is 196 g/mol. The van der Waals surface area contributed by atoms with Crippen molar-refractivity contribution in [3.63, 3.8) is 0 Å². The molecule has 0 fully saturated rings. The van der Waals surface area contributed by atoms with Crippen LogP contribution in [0, 0.1) is 5.92 Å². The van der Waals surface area contributed by atoms with Gasteiger partial charge in [0.05, 0.1) is 0 Å². The highest BCUT2D eigenvalue weighted by Crippen LogP contribution is 2.12. The van der Waals surface area contributed by atoms with E-state index >= 15 is 0 Å². The van der Waals surface area contributed by atoms with Gasteiger partial charge in [-0.15, -0.1) is 0 Å². The molecule has 1 aromatic heterocycles. The number of hydrogen-bond donors (Lipinski definition) is 1. The Hall–Kier alpha value is -1.15. The Bertz CT molecular complexity index is 306.